The predicted octanol–water partition coefficient (Wildman–Crippen LogP) is 1.88. The summed E-state index contributed by atoms with van der Waals surface area (Å²) in [6, 6.07) is 6.35. The highest BCUT2D eigenvalue weighted by atomic mass is 16.5. The minimum absolute atomic E-state index is 0.0373. The van der Waals surface area contributed by atoms with E-state index in [9.17, 15) is 19.5 Å². The van der Waals surface area contributed by atoms with E-state index in [0.29, 0.717) is 30.8 Å². The molecule has 0 saturated carbocycles. The minimum atomic E-state index is -1.04. The average Bonchev–Trinajstić information content (AvgIpc) is 2.62. The minimum Gasteiger partial charge on any atom is -0.550 e. The highest BCUT2D eigenvalue weighted by Gasteiger charge is 2.30. The first kappa shape index (κ1) is 19.8. The van der Waals surface area contributed by atoms with Gasteiger partial charge in [-0.1, -0.05) is 19.4 Å². The fourth-order valence-corrected chi connectivity index (χ4v) is 3.35. The first-order valence-electron chi connectivity index (χ1n) is 8.97. The van der Waals surface area contributed by atoms with E-state index in [1.54, 1.807) is 36.1 Å². The van der Waals surface area contributed by atoms with Crippen LogP contribution in [0.15, 0.2) is 24.3 Å². The number of carboxylic acids is 1. The second kappa shape index (κ2) is 9.22. The molecule has 2 atom stereocenters. The van der Waals surface area contributed by atoms with E-state index in [-0.39, 0.29) is 30.9 Å². The van der Waals surface area contributed by atoms with E-state index in [2.05, 4.69) is 5.32 Å². The Hall–Kier alpha value is -2.57. The number of esters is 1. The second-order valence-electron chi connectivity index (χ2n) is 6.47. The van der Waals surface area contributed by atoms with Crippen LogP contribution in [0, 0.1) is 11.8 Å². The lowest BCUT2D eigenvalue weighted by molar-refractivity contribution is -0.307. The van der Waals surface area contributed by atoms with Crippen LogP contribution in [0.4, 0.5) is 10.5 Å². The molecule has 1 aromatic rings. The van der Waals surface area contributed by atoms with Gasteiger partial charge in [0.15, 0.2) is 0 Å². The number of urea groups is 1. The number of hydrogen-bond donors (Lipinski definition) is 1. The van der Waals surface area contributed by atoms with Crippen LogP contribution in [0.25, 0.3) is 0 Å². The Kier molecular flexibility index (Phi) is 7.00. The average molecular weight is 361 g/mol. The molecule has 142 valence electrons. The Morgan fingerprint density at radius 1 is 1.27 bits per heavy atom. The van der Waals surface area contributed by atoms with E-state index in [1.165, 1.54) is 0 Å². The molecule has 0 spiro atoms. The molecule has 2 amide bonds. The van der Waals surface area contributed by atoms with Crippen molar-refractivity contribution in [1.29, 1.82) is 0 Å². The lowest BCUT2D eigenvalue weighted by Gasteiger charge is -2.38. The van der Waals surface area contributed by atoms with Crippen LogP contribution in [0.3, 0.4) is 0 Å². The number of anilines is 1. The molecule has 1 aliphatic rings. The van der Waals surface area contributed by atoms with Crippen LogP contribution in [-0.2, 0) is 9.53 Å². The maximum atomic E-state index is 12.5. The summed E-state index contributed by atoms with van der Waals surface area (Å²) >= 11 is 0. The molecule has 0 radical (unpaired) electrons. The maximum absolute atomic E-state index is 12.5. The van der Waals surface area contributed by atoms with Crippen LogP contribution in [0.2, 0.25) is 0 Å². The SMILES string of the molecule is CCOC(=O)c1cccc(NC(=O)N2CC[C@@H](CC(=O)[O-])[C@@H](CC)C2)c1. The molecule has 0 aliphatic carbocycles. The Morgan fingerprint density at radius 2 is 2.04 bits per heavy atom. The van der Waals surface area contributed by atoms with Gasteiger partial charge in [0.05, 0.1) is 12.2 Å². The zero-order chi connectivity index (χ0) is 19.1. The first-order valence-corrected chi connectivity index (χ1v) is 8.97. The fourth-order valence-electron chi connectivity index (χ4n) is 3.35. The Balaban J connectivity index is 1.99. The molecule has 1 heterocycles. The van der Waals surface area contributed by atoms with Crippen molar-refractivity contribution < 1.29 is 24.2 Å². The number of nitrogens with zero attached hydrogens (tertiary/aromatic N) is 1. The summed E-state index contributed by atoms with van der Waals surface area (Å²) in [5.41, 5.74) is 0.897. The molecule has 2 rings (SSSR count). The van der Waals surface area contributed by atoms with Gasteiger partial charge in [-0.15, -0.1) is 0 Å². The Bertz CT molecular complexity index is 661. The molecule has 0 unspecified atom stereocenters. The number of amides is 2. The van der Waals surface area contributed by atoms with Crippen LogP contribution >= 0.6 is 0 Å². The lowest BCUT2D eigenvalue weighted by Crippen LogP contribution is -2.46. The van der Waals surface area contributed by atoms with Crippen molar-refractivity contribution in [2.75, 3.05) is 25.0 Å². The summed E-state index contributed by atoms with van der Waals surface area (Å²) in [6.45, 7) is 5.03. The van der Waals surface area contributed by atoms with Crippen molar-refractivity contribution in [3.05, 3.63) is 29.8 Å². The quantitative estimate of drug-likeness (QED) is 0.780. The monoisotopic (exact) mass is 361 g/mol. The third-order valence-corrected chi connectivity index (χ3v) is 4.76. The van der Waals surface area contributed by atoms with Crippen LogP contribution in [0.1, 0.15) is 43.5 Å². The molecular formula is C19H25N2O5-. The third kappa shape index (κ3) is 5.21. The number of ether oxygens (including phenoxy) is 1. The summed E-state index contributed by atoms with van der Waals surface area (Å²) in [4.78, 5) is 36.9. The van der Waals surface area contributed by atoms with Crippen molar-refractivity contribution in [3.8, 4) is 0 Å². The van der Waals surface area contributed by atoms with Gasteiger partial charge < -0.3 is 24.9 Å². The number of aliphatic carboxylic acids is 1. The molecular weight excluding hydrogens is 336 g/mol. The van der Waals surface area contributed by atoms with Gasteiger partial charge in [-0.25, -0.2) is 9.59 Å². The molecule has 0 aromatic heterocycles. The van der Waals surface area contributed by atoms with Gasteiger partial charge in [-0.2, -0.15) is 0 Å². The zero-order valence-corrected chi connectivity index (χ0v) is 15.2. The normalized spacial score (nSPS) is 19.7. The summed E-state index contributed by atoms with van der Waals surface area (Å²) in [6.07, 6.45) is 1.48. The van der Waals surface area contributed by atoms with Crippen molar-refractivity contribution in [2.24, 2.45) is 11.8 Å². The standard InChI is InChI=1S/C19H26N2O5/c1-3-13-12-21(9-8-14(13)11-17(22)23)19(25)20-16-7-5-6-15(10-16)18(24)26-4-2/h5-7,10,13-14H,3-4,8-9,11-12H2,1-2H3,(H,20,25)(H,22,23)/p-1/t13-,14-/m0/s1. The van der Waals surface area contributed by atoms with E-state index < -0.39 is 11.9 Å². The van der Waals surface area contributed by atoms with Crippen LogP contribution in [-0.4, -0.2) is 42.6 Å². The topological polar surface area (TPSA) is 98.8 Å². The molecule has 1 aliphatic heterocycles. The number of carboxylic acid groups (broad SMARTS) is 1. The van der Waals surface area contributed by atoms with Crippen LogP contribution in [0.5, 0.6) is 0 Å². The summed E-state index contributed by atoms with van der Waals surface area (Å²) in [5.74, 6) is -1.29. The van der Waals surface area contributed by atoms with Crippen molar-refractivity contribution in [1.82, 2.24) is 4.90 Å². The number of benzene rings is 1. The number of rotatable bonds is 6. The zero-order valence-electron chi connectivity index (χ0n) is 15.2. The van der Waals surface area contributed by atoms with Crippen molar-refractivity contribution in [3.63, 3.8) is 0 Å². The van der Waals surface area contributed by atoms with E-state index in [1.807, 2.05) is 6.92 Å². The number of nitrogens with one attached hydrogen (secondary N) is 1. The largest absolute Gasteiger partial charge is 0.550 e. The van der Waals surface area contributed by atoms with Crippen molar-refractivity contribution >= 4 is 23.7 Å². The number of carbonyl (C=O) groups excluding carboxylic acids is 3. The first-order chi connectivity index (χ1) is 12.4. The molecule has 1 aromatic carbocycles. The Morgan fingerprint density at radius 3 is 2.69 bits per heavy atom. The van der Waals surface area contributed by atoms with Gasteiger partial charge in [-0.05, 0) is 49.8 Å². The van der Waals surface area contributed by atoms with E-state index >= 15 is 0 Å². The molecule has 1 N–H and O–H groups in total. The van der Waals surface area contributed by atoms with Gasteiger partial charge >= 0.3 is 12.0 Å². The highest BCUT2D eigenvalue weighted by molar-refractivity contribution is 5.94. The van der Waals surface area contributed by atoms with E-state index in [0.717, 1.165) is 6.42 Å². The van der Waals surface area contributed by atoms with Crippen LogP contribution < -0.4 is 10.4 Å². The number of carbonyl (C=O) groups is 3. The van der Waals surface area contributed by atoms with Gasteiger partial charge in [0.25, 0.3) is 0 Å². The molecule has 1 saturated heterocycles. The molecule has 0 bridgehead atoms. The van der Waals surface area contributed by atoms with Gasteiger partial charge in [0.2, 0.25) is 0 Å². The third-order valence-electron chi connectivity index (χ3n) is 4.76. The number of piperidine rings is 1. The summed E-state index contributed by atoms with van der Waals surface area (Å²) < 4.78 is 4.96. The molecule has 1 fully saturated rings. The predicted molar refractivity (Wildman–Crippen MR) is 94.5 cm³/mol. The van der Waals surface area contributed by atoms with Gasteiger partial charge in [0, 0.05) is 24.7 Å². The molecule has 7 nitrogen and oxygen atoms in total. The highest BCUT2D eigenvalue weighted by Crippen LogP contribution is 2.29. The Labute approximate surface area is 153 Å². The lowest BCUT2D eigenvalue weighted by atomic mass is 9.82. The van der Waals surface area contributed by atoms with E-state index in [4.69, 9.17) is 4.74 Å². The smallest absolute Gasteiger partial charge is 0.338 e. The summed E-state index contributed by atoms with van der Waals surface area (Å²) in [5, 5.41) is 13.7. The molecule has 7 heteroatoms. The van der Waals surface area contributed by atoms with Gasteiger partial charge in [-0.3, -0.25) is 0 Å². The number of likely N-dealkylation sites (tertiary alicyclic amines) is 1. The second-order valence-corrected chi connectivity index (χ2v) is 6.47. The number of hydrogen-bond acceptors (Lipinski definition) is 5. The van der Waals surface area contributed by atoms with Crippen molar-refractivity contribution in [2.45, 2.75) is 33.1 Å². The fraction of sp³-hybridized carbons (Fsp3) is 0.526. The van der Waals surface area contributed by atoms with Gasteiger partial charge in [0.1, 0.15) is 0 Å². The maximum Gasteiger partial charge on any atom is 0.338 e. The summed E-state index contributed by atoms with van der Waals surface area (Å²) in [7, 11) is 0. The molecule has 26 heavy (non-hydrogen) atoms.